The zero-order chi connectivity index (χ0) is 18.1. The molecule has 0 aliphatic heterocycles. The normalized spacial score (nSPS) is 13.3. The van der Waals surface area contributed by atoms with Crippen LogP contribution in [0.5, 0.6) is 0 Å². The van der Waals surface area contributed by atoms with Gasteiger partial charge in [0, 0.05) is 23.2 Å². The van der Waals surface area contributed by atoms with Crippen molar-refractivity contribution in [1.29, 1.82) is 0 Å². The summed E-state index contributed by atoms with van der Waals surface area (Å²) in [4.78, 5) is 7.81. The van der Waals surface area contributed by atoms with Crippen molar-refractivity contribution < 1.29 is 5.11 Å². The zero-order valence-electron chi connectivity index (χ0n) is 14.4. The molecule has 0 atom stereocenters. The molecule has 1 heterocycles. The van der Waals surface area contributed by atoms with Crippen LogP contribution in [0.3, 0.4) is 0 Å². The number of aromatic nitrogens is 2. The van der Waals surface area contributed by atoms with E-state index in [1.165, 1.54) is 0 Å². The van der Waals surface area contributed by atoms with Crippen molar-refractivity contribution in [1.82, 2.24) is 15.4 Å². The highest BCUT2D eigenvalue weighted by atomic mass is 79.9. The number of alkyl halides is 1. The van der Waals surface area contributed by atoms with Gasteiger partial charge in [0.25, 0.3) is 0 Å². The second kappa shape index (κ2) is 10.3. The Bertz CT molecular complexity index is 734. The molecule has 0 fully saturated rings. The van der Waals surface area contributed by atoms with Crippen molar-refractivity contribution in [2.75, 3.05) is 17.6 Å². The molecule has 5 nitrogen and oxygen atoms in total. The highest BCUT2D eigenvalue weighted by molar-refractivity contribution is 9.09. The summed E-state index contributed by atoms with van der Waals surface area (Å²) >= 11 is 4.99. The third kappa shape index (κ3) is 6.59. The van der Waals surface area contributed by atoms with E-state index >= 15 is 0 Å². The summed E-state index contributed by atoms with van der Waals surface area (Å²) < 4.78 is 0. The summed E-state index contributed by atoms with van der Waals surface area (Å²) in [5, 5.41) is 15.8. The van der Waals surface area contributed by atoms with Crippen molar-refractivity contribution in [3.8, 4) is 0 Å². The van der Waals surface area contributed by atoms with E-state index in [0.29, 0.717) is 17.4 Å². The molecule has 1 aromatic carbocycles. The van der Waals surface area contributed by atoms with Crippen LogP contribution >= 0.6 is 27.7 Å². The van der Waals surface area contributed by atoms with Crippen LogP contribution in [0.15, 0.2) is 58.0 Å². The van der Waals surface area contributed by atoms with Gasteiger partial charge in [0.2, 0.25) is 0 Å². The smallest absolute Gasteiger partial charge is 0.166 e. The van der Waals surface area contributed by atoms with Crippen molar-refractivity contribution >= 4 is 44.9 Å². The highest BCUT2D eigenvalue weighted by Crippen LogP contribution is 2.18. The number of nitrogens with zero attached hydrogens (tertiary/aromatic N) is 2. The Morgan fingerprint density at radius 2 is 2.24 bits per heavy atom. The fraction of sp³-hybridized carbons (Fsp3) is 0.333. The van der Waals surface area contributed by atoms with E-state index in [-0.39, 0.29) is 11.7 Å². The van der Waals surface area contributed by atoms with Gasteiger partial charge in [-0.1, -0.05) is 59.7 Å². The fourth-order valence-electron chi connectivity index (χ4n) is 2.09. The van der Waals surface area contributed by atoms with Crippen LogP contribution < -0.4 is 5.43 Å². The lowest BCUT2D eigenvalue weighted by Crippen LogP contribution is -2.10. The molecule has 7 heteroatoms. The lowest BCUT2D eigenvalue weighted by molar-refractivity contribution is 0.421. The maximum Gasteiger partial charge on any atom is 0.166 e. The van der Waals surface area contributed by atoms with Gasteiger partial charge in [-0.15, -0.1) is 0 Å². The lowest BCUT2D eigenvalue weighted by atomic mass is 10.1. The number of hydrogen-bond donors (Lipinski definition) is 3. The van der Waals surface area contributed by atoms with E-state index in [4.69, 9.17) is 0 Å². The van der Waals surface area contributed by atoms with Crippen LogP contribution in [0.25, 0.3) is 11.0 Å². The first kappa shape index (κ1) is 19.6. The number of aliphatic hydroxyl groups is 1. The molecule has 0 bridgehead atoms. The standard InChI is InChI=1S/C18H23BrN4OS/c1-13(2)11-17(24)14(7-8-19)12-21-20-9-10-25-18-22-15-5-3-4-6-16(15)23-18/h3-7,11-13,20,24H,8-10H2,1-2H3,(H,22,23)/b14-7-,17-11+,21-12+. The molecule has 3 N–H and O–H groups in total. The molecule has 134 valence electrons. The van der Waals surface area contributed by atoms with Crippen LogP contribution in [0.2, 0.25) is 0 Å². The zero-order valence-corrected chi connectivity index (χ0v) is 16.8. The van der Waals surface area contributed by atoms with E-state index in [0.717, 1.165) is 21.9 Å². The minimum Gasteiger partial charge on any atom is -0.508 e. The number of imidazole rings is 1. The molecule has 0 aliphatic rings. The number of nitrogens with one attached hydrogen (secondary N) is 2. The summed E-state index contributed by atoms with van der Waals surface area (Å²) in [5.74, 6) is 1.36. The predicted molar refractivity (Wildman–Crippen MR) is 111 cm³/mol. The third-order valence-electron chi connectivity index (χ3n) is 3.20. The monoisotopic (exact) mass is 422 g/mol. The van der Waals surface area contributed by atoms with Crippen LogP contribution in [-0.4, -0.2) is 38.9 Å². The van der Waals surface area contributed by atoms with Crippen molar-refractivity contribution in [2.45, 2.75) is 19.0 Å². The number of aliphatic hydroxyl groups excluding tert-OH is 1. The number of aromatic amines is 1. The SMILES string of the molecule is CC(C)\C=C(O)/C(=C\CBr)/C=N/NCCSc1nc2ccccc2[nH]1. The van der Waals surface area contributed by atoms with Gasteiger partial charge < -0.3 is 15.5 Å². The Balaban J connectivity index is 1.79. The van der Waals surface area contributed by atoms with Crippen LogP contribution in [0.1, 0.15) is 13.8 Å². The number of thioether (sulfide) groups is 1. The van der Waals surface area contributed by atoms with Gasteiger partial charge in [0.15, 0.2) is 5.16 Å². The lowest BCUT2D eigenvalue weighted by Gasteiger charge is -2.03. The molecule has 0 saturated heterocycles. The quantitative estimate of drug-likeness (QED) is 0.104. The van der Waals surface area contributed by atoms with Gasteiger partial charge in [-0.05, 0) is 24.1 Å². The fourth-order valence-corrected chi connectivity index (χ4v) is 3.17. The number of fused-ring (bicyclic) bond motifs is 1. The van der Waals surface area contributed by atoms with E-state index in [2.05, 4.69) is 36.4 Å². The molecule has 0 saturated carbocycles. The van der Waals surface area contributed by atoms with Gasteiger partial charge in [-0.25, -0.2) is 4.98 Å². The predicted octanol–water partition coefficient (Wildman–Crippen LogP) is 4.65. The van der Waals surface area contributed by atoms with E-state index in [1.807, 2.05) is 44.2 Å². The average molecular weight is 423 g/mol. The van der Waals surface area contributed by atoms with Crippen molar-refractivity contribution in [2.24, 2.45) is 11.0 Å². The Morgan fingerprint density at radius 1 is 1.44 bits per heavy atom. The van der Waals surface area contributed by atoms with Crippen molar-refractivity contribution in [3.63, 3.8) is 0 Å². The molecule has 0 aliphatic carbocycles. The summed E-state index contributed by atoms with van der Waals surface area (Å²) in [5.41, 5.74) is 5.72. The van der Waals surface area contributed by atoms with Gasteiger partial charge >= 0.3 is 0 Å². The second-order valence-corrected chi connectivity index (χ2v) is 7.41. The van der Waals surface area contributed by atoms with E-state index < -0.39 is 0 Å². The number of benzene rings is 1. The Labute approximate surface area is 160 Å². The first-order valence-corrected chi connectivity index (χ1v) is 10.2. The summed E-state index contributed by atoms with van der Waals surface area (Å²) in [6, 6.07) is 7.98. The second-order valence-electron chi connectivity index (χ2n) is 5.68. The Kier molecular flexibility index (Phi) is 8.08. The summed E-state index contributed by atoms with van der Waals surface area (Å²) in [6.07, 6.45) is 5.32. The molecule has 2 rings (SSSR count). The number of rotatable bonds is 9. The van der Waals surface area contributed by atoms with Crippen LogP contribution in [-0.2, 0) is 0 Å². The molecule has 25 heavy (non-hydrogen) atoms. The van der Waals surface area contributed by atoms with Gasteiger partial charge in [-0.2, -0.15) is 5.10 Å². The number of hydrogen-bond acceptors (Lipinski definition) is 5. The largest absolute Gasteiger partial charge is 0.508 e. The Morgan fingerprint density at radius 3 is 2.96 bits per heavy atom. The Hall–Kier alpha value is -1.73. The van der Waals surface area contributed by atoms with Crippen LogP contribution in [0, 0.1) is 5.92 Å². The molecule has 0 amide bonds. The minimum absolute atomic E-state index is 0.247. The summed E-state index contributed by atoms with van der Waals surface area (Å²) in [7, 11) is 0. The van der Waals surface area contributed by atoms with Gasteiger partial charge in [0.05, 0.1) is 17.2 Å². The molecule has 1 aromatic heterocycles. The topological polar surface area (TPSA) is 73.3 Å². The number of para-hydroxylation sites is 2. The number of halogens is 1. The van der Waals surface area contributed by atoms with Crippen molar-refractivity contribution in [3.05, 3.63) is 47.7 Å². The molecular formula is C18H23BrN4OS. The number of hydrazone groups is 1. The number of allylic oxidation sites excluding steroid dienone is 3. The molecular weight excluding hydrogens is 400 g/mol. The van der Waals surface area contributed by atoms with Crippen LogP contribution in [0.4, 0.5) is 0 Å². The first-order valence-electron chi connectivity index (χ1n) is 8.11. The first-order chi connectivity index (χ1) is 12.1. The van der Waals surface area contributed by atoms with Gasteiger partial charge in [-0.3, -0.25) is 0 Å². The third-order valence-corrected chi connectivity index (χ3v) is 4.40. The van der Waals surface area contributed by atoms with E-state index in [9.17, 15) is 5.11 Å². The maximum atomic E-state index is 10.1. The molecule has 0 unspecified atom stereocenters. The number of H-pyrrole nitrogens is 1. The molecule has 0 radical (unpaired) electrons. The average Bonchev–Trinajstić information content (AvgIpc) is 2.99. The summed E-state index contributed by atoms with van der Waals surface area (Å²) in [6.45, 7) is 4.74. The molecule has 0 spiro atoms. The minimum atomic E-state index is 0.247. The highest BCUT2D eigenvalue weighted by Gasteiger charge is 2.03. The van der Waals surface area contributed by atoms with E-state index in [1.54, 1.807) is 24.1 Å². The maximum absolute atomic E-state index is 10.1. The van der Waals surface area contributed by atoms with Gasteiger partial charge in [0.1, 0.15) is 5.76 Å². The molecule has 2 aromatic rings.